The molecule has 0 fully saturated rings. The number of halogens is 1. The fourth-order valence-corrected chi connectivity index (χ4v) is 5.79. The smallest absolute Gasteiger partial charge is 0.228 e. The van der Waals surface area contributed by atoms with Crippen molar-refractivity contribution in [2.45, 2.75) is 104 Å². The van der Waals surface area contributed by atoms with Gasteiger partial charge in [-0.25, -0.2) is 0 Å². The summed E-state index contributed by atoms with van der Waals surface area (Å²) in [5.41, 5.74) is 6.09. The molecule has 2 aromatic carbocycles. The summed E-state index contributed by atoms with van der Waals surface area (Å²) in [5, 5.41) is 5.76. The Morgan fingerprint density at radius 2 is 1.59 bits per heavy atom. The van der Waals surface area contributed by atoms with Crippen LogP contribution in [0.15, 0.2) is 53.4 Å². The number of carbonyl (C=O) groups excluding carboxylic acids is 1. The number of anilines is 1. The van der Waals surface area contributed by atoms with E-state index >= 15 is 0 Å². The zero-order valence-corrected chi connectivity index (χ0v) is 25.4. The Morgan fingerprint density at radius 3 is 2.23 bits per heavy atom. The van der Waals surface area contributed by atoms with Crippen LogP contribution in [0, 0.1) is 6.92 Å². The first-order chi connectivity index (χ1) is 19.1. The van der Waals surface area contributed by atoms with E-state index in [9.17, 15) is 4.79 Å². The van der Waals surface area contributed by atoms with Crippen LogP contribution in [-0.2, 0) is 17.8 Å². The average molecular weight is 570 g/mol. The van der Waals surface area contributed by atoms with Crippen LogP contribution in [0.3, 0.4) is 0 Å². The third-order valence-corrected chi connectivity index (χ3v) is 8.28. The summed E-state index contributed by atoms with van der Waals surface area (Å²) in [6, 6.07) is 13.6. The SMILES string of the molecule is CCCCCCCCCCCCCCOc1ccc(CC(=O)Nc2ccccc2C[n+]2cscc2C)cc1Cl. The second-order valence-electron chi connectivity index (χ2n) is 10.5. The molecule has 0 radical (unpaired) electrons. The van der Waals surface area contributed by atoms with Gasteiger partial charge in [-0.2, -0.15) is 4.57 Å². The van der Waals surface area contributed by atoms with E-state index in [1.165, 1.54) is 76.3 Å². The molecule has 1 N–H and O–H groups in total. The zero-order chi connectivity index (χ0) is 27.7. The quantitative estimate of drug-likeness (QED) is 0.115. The van der Waals surface area contributed by atoms with Crippen molar-refractivity contribution in [3.63, 3.8) is 0 Å². The molecule has 212 valence electrons. The van der Waals surface area contributed by atoms with Gasteiger partial charge in [-0.05, 0) is 30.2 Å². The van der Waals surface area contributed by atoms with Gasteiger partial charge in [0.05, 0.1) is 29.1 Å². The Labute approximate surface area is 244 Å². The molecule has 0 saturated carbocycles. The summed E-state index contributed by atoms with van der Waals surface area (Å²) in [7, 11) is 0. The van der Waals surface area contributed by atoms with Gasteiger partial charge in [-0.15, -0.1) is 0 Å². The minimum atomic E-state index is -0.0595. The highest BCUT2D eigenvalue weighted by Crippen LogP contribution is 2.26. The van der Waals surface area contributed by atoms with Crippen LogP contribution in [0.2, 0.25) is 5.02 Å². The van der Waals surface area contributed by atoms with Gasteiger partial charge in [0.15, 0.2) is 12.2 Å². The zero-order valence-electron chi connectivity index (χ0n) is 23.9. The van der Waals surface area contributed by atoms with Gasteiger partial charge in [0.25, 0.3) is 0 Å². The van der Waals surface area contributed by atoms with Gasteiger partial charge in [0.2, 0.25) is 11.4 Å². The number of nitrogens with one attached hydrogen (secondary N) is 1. The number of aryl methyl sites for hydroxylation is 1. The third-order valence-electron chi connectivity index (χ3n) is 7.13. The first-order valence-corrected chi connectivity index (χ1v) is 16.1. The molecule has 0 atom stereocenters. The second kappa shape index (κ2) is 18.1. The Hall–Kier alpha value is -2.37. The standard InChI is InChI=1S/C33H45ClN2O2S/c1-3-4-5-6-7-8-9-10-11-12-13-16-21-38-32-20-19-28(22-30(32)34)23-33(37)35-31-18-15-14-17-29(31)24-36-26-39-25-27(36)2/h14-15,17-20,22,25-26H,3-13,16,21,23-24H2,1-2H3/p+1. The minimum absolute atomic E-state index is 0.0595. The van der Waals surface area contributed by atoms with Crippen LogP contribution in [0.25, 0.3) is 0 Å². The molecule has 1 amide bonds. The Kier molecular flexibility index (Phi) is 14.4. The molecule has 6 heteroatoms. The summed E-state index contributed by atoms with van der Waals surface area (Å²) in [6.45, 7) is 5.76. The van der Waals surface area contributed by atoms with E-state index in [4.69, 9.17) is 16.3 Å². The molecule has 3 aromatic rings. The number of carbonyl (C=O) groups is 1. The maximum absolute atomic E-state index is 12.8. The van der Waals surface area contributed by atoms with Gasteiger partial charge < -0.3 is 10.1 Å². The van der Waals surface area contributed by atoms with Crippen molar-refractivity contribution < 1.29 is 14.1 Å². The first kappa shape index (κ1) is 31.2. The fourth-order valence-electron chi connectivity index (χ4n) is 4.76. The van der Waals surface area contributed by atoms with Crippen LogP contribution in [0.4, 0.5) is 5.69 Å². The monoisotopic (exact) mass is 569 g/mol. The maximum atomic E-state index is 12.8. The molecule has 0 aliphatic rings. The number of aromatic nitrogens is 1. The maximum Gasteiger partial charge on any atom is 0.228 e. The lowest BCUT2D eigenvalue weighted by Crippen LogP contribution is -2.34. The van der Waals surface area contributed by atoms with Crippen molar-refractivity contribution >= 4 is 34.5 Å². The topological polar surface area (TPSA) is 42.2 Å². The van der Waals surface area contributed by atoms with Crippen LogP contribution in [0.5, 0.6) is 5.75 Å². The fraction of sp³-hybridized carbons (Fsp3) is 0.515. The number of rotatable bonds is 19. The molecule has 0 saturated heterocycles. The summed E-state index contributed by atoms with van der Waals surface area (Å²) in [6.07, 6.45) is 16.2. The van der Waals surface area contributed by atoms with Gasteiger partial charge in [0.1, 0.15) is 5.75 Å². The number of nitrogens with zero attached hydrogens (tertiary/aromatic N) is 1. The van der Waals surface area contributed by atoms with Crippen molar-refractivity contribution in [3.05, 3.63) is 75.2 Å². The lowest BCUT2D eigenvalue weighted by atomic mass is 10.1. The minimum Gasteiger partial charge on any atom is -0.492 e. The molecule has 0 spiro atoms. The number of thiazole rings is 1. The highest BCUT2D eigenvalue weighted by Gasteiger charge is 2.14. The number of hydrogen-bond acceptors (Lipinski definition) is 3. The highest BCUT2D eigenvalue weighted by molar-refractivity contribution is 7.07. The van der Waals surface area contributed by atoms with Crippen LogP contribution >= 0.6 is 22.9 Å². The average Bonchev–Trinajstić information content (AvgIpc) is 3.33. The van der Waals surface area contributed by atoms with E-state index in [0.29, 0.717) is 17.4 Å². The van der Waals surface area contributed by atoms with E-state index in [1.54, 1.807) is 11.3 Å². The molecular weight excluding hydrogens is 524 g/mol. The Balaban J connectivity index is 1.33. The predicted molar refractivity (Wildman–Crippen MR) is 165 cm³/mol. The van der Waals surface area contributed by atoms with E-state index in [0.717, 1.165) is 29.8 Å². The summed E-state index contributed by atoms with van der Waals surface area (Å²) >= 11 is 8.16. The summed E-state index contributed by atoms with van der Waals surface area (Å²) in [4.78, 5) is 12.8. The van der Waals surface area contributed by atoms with Crippen LogP contribution in [-0.4, -0.2) is 12.5 Å². The van der Waals surface area contributed by atoms with Crippen molar-refractivity contribution in [2.24, 2.45) is 0 Å². The molecule has 1 heterocycles. The molecule has 1 aromatic heterocycles. The first-order valence-electron chi connectivity index (χ1n) is 14.8. The van der Waals surface area contributed by atoms with Crippen LogP contribution in [0.1, 0.15) is 101 Å². The molecule has 0 bridgehead atoms. The van der Waals surface area contributed by atoms with Gasteiger partial charge >= 0.3 is 0 Å². The molecular formula is C33H46ClN2O2S+. The summed E-state index contributed by atoms with van der Waals surface area (Å²) in [5.74, 6) is 0.633. The van der Waals surface area contributed by atoms with Crippen LogP contribution < -0.4 is 14.6 Å². The molecule has 0 aliphatic heterocycles. The molecule has 39 heavy (non-hydrogen) atoms. The van der Waals surface area contributed by atoms with E-state index in [2.05, 4.69) is 40.7 Å². The van der Waals surface area contributed by atoms with Crippen molar-refractivity contribution in [1.82, 2.24) is 0 Å². The lowest BCUT2D eigenvalue weighted by Gasteiger charge is -2.11. The number of para-hydroxylation sites is 1. The Bertz CT molecular complexity index is 1130. The summed E-state index contributed by atoms with van der Waals surface area (Å²) < 4.78 is 8.11. The normalized spacial score (nSPS) is 11.1. The predicted octanol–water partition coefficient (Wildman–Crippen LogP) is 9.31. The third kappa shape index (κ3) is 11.7. The van der Waals surface area contributed by atoms with Gasteiger partial charge in [-0.3, -0.25) is 4.79 Å². The highest BCUT2D eigenvalue weighted by atomic mass is 35.5. The molecule has 3 rings (SSSR count). The van der Waals surface area contributed by atoms with E-state index in [-0.39, 0.29) is 12.3 Å². The lowest BCUT2D eigenvalue weighted by molar-refractivity contribution is -0.689. The number of hydrogen-bond donors (Lipinski definition) is 1. The number of ether oxygens (including phenoxy) is 1. The second-order valence-corrected chi connectivity index (χ2v) is 11.6. The van der Waals surface area contributed by atoms with Gasteiger partial charge in [-0.1, -0.05) is 125 Å². The number of unbranched alkanes of at least 4 members (excludes halogenated alkanes) is 11. The van der Waals surface area contributed by atoms with Gasteiger partial charge in [0, 0.05) is 12.5 Å². The molecule has 4 nitrogen and oxygen atoms in total. The largest absolute Gasteiger partial charge is 0.492 e. The molecule has 0 aliphatic carbocycles. The van der Waals surface area contributed by atoms with Crippen molar-refractivity contribution in [1.29, 1.82) is 0 Å². The van der Waals surface area contributed by atoms with E-state index < -0.39 is 0 Å². The Morgan fingerprint density at radius 1 is 0.923 bits per heavy atom. The van der Waals surface area contributed by atoms with E-state index in [1.807, 2.05) is 36.4 Å². The van der Waals surface area contributed by atoms with Crippen molar-refractivity contribution in [3.8, 4) is 5.75 Å². The molecule has 0 unspecified atom stereocenters. The number of benzene rings is 2. The number of amides is 1. The van der Waals surface area contributed by atoms with Crippen molar-refractivity contribution in [2.75, 3.05) is 11.9 Å².